The molecule has 0 radical (unpaired) electrons. The van der Waals surface area contributed by atoms with E-state index in [9.17, 15) is 0 Å². The van der Waals surface area contributed by atoms with Crippen LogP contribution in [0.3, 0.4) is 0 Å². The van der Waals surface area contributed by atoms with E-state index in [2.05, 4.69) is 32.9 Å². The molecule has 0 saturated carbocycles. The highest BCUT2D eigenvalue weighted by Gasteiger charge is 2.14. The number of hydrogen-bond acceptors (Lipinski definition) is 2. The maximum absolute atomic E-state index is 5.76. The first-order valence-corrected chi connectivity index (χ1v) is 10.1. The Morgan fingerprint density at radius 1 is 0.654 bits per heavy atom. The zero-order valence-electron chi connectivity index (χ0n) is 19.7. The SMILES string of the molecule is CC.CC.CC(C)(C)OCOC(C)(C)C.CC(C)(C)c1ccc(Cl)cc1. The van der Waals surface area contributed by atoms with E-state index < -0.39 is 0 Å². The van der Waals surface area contributed by atoms with E-state index >= 15 is 0 Å². The van der Waals surface area contributed by atoms with Gasteiger partial charge >= 0.3 is 0 Å². The van der Waals surface area contributed by atoms with Gasteiger partial charge in [0.25, 0.3) is 0 Å². The molecule has 1 aromatic carbocycles. The van der Waals surface area contributed by atoms with E-state index in [1.807, 2.05) is 81.4 Å². The van der Waals surface area contributed by atoms with E-state index in [1.54, 1.807) is 0 Å². The molecular formula is C23H45ClO2. The third kappa shape index (κ3) is 21.5. The topological polar surface area (TPSA) is 18.5 Å². The zero-order chi connectivity index (χ0) is 21.6. The summed E-state index contributed by atoms with van der Waals surface area (Å²) in [5, 5.41) is 0.804. The molecular weight excluding hydrogens is 344 g/mol. The highest BCUT2D eigenvalue weighted by atomic mass is 35.5. The molecule has 3 heteroatoms. The van der Waals surface area contributed by atoms with Gasteiger partial charge in [0.1, 0.15) is 6.79 Å². The summed E-state index contributed by atoms with van der Waals surface area (Å²) in [6.07, 6.45) is 0. The van der Waals surface area contributed by atoms with Crippen LogP contribution in [-0.4, -0.2) is 18.0 Å². The van der Waals surface area contributed by atoms with Crippen LogP contribution in [-0.2, 0) is 14.9 Å². The summed E-state index contributed by atoms with van der Waals surface area (Å²) in [5.74, 6) is 0. The van der Waals surface area contributed by atoms with E-state index in [-0.39, 0.29) is 16.6 Å². The van der Waals surface area contributed by atoms with Gasteiger partial charge in [0.05, 0.1) is 11.2 Å². The standard InChI is InChI=1S/C10H13Cl.C9H20O2.2C2H6/c1-10(2,3)8-4-6-9(11)7-5-8;1-8(2,3)10-7-11-9(4,5)6;2*1-2/h4-7H,1-3H3;7H2,1-6H3;2*1-2H3. The first kappa shape index (κ1) is 30.2. The van der Waals surface area contributed by atoms with Crippen LogP contribution in [0.25, 0.3) is 0 Å². The fourth-order valence-corrected chi connectivity index (χ4v) is 1.46. The number of rotatable bonds is 2. The van der Waals surface area contributed by atoms with Gasteiger partial charge in [-0.05, 0) is 64.7 Å². The van der Waals surface area contributed by atoms with Crippen molar-refractivity contribution < 1.29 is 9.47 Å². The van der Waals surface area contributed by atoms with Gasteiger partial charge in [-0.25, -0.2) is 0 Å². The van der Waals surface area contributed by atoms with Gasteiger partial charge in [0.15, 0.2) is 0 Å². The summed E-state index contributed by atoms with van der Waals surface area (Å²) in [6.45, 7) is 27.0. The van der Waals surface area contributed by atoms with Gasteiger partial charge in [-0.1, -0.05) is 72.2 Å². The molecule has 0 amide bonds. The summed E-state index contributed by atoms with van der Waals surface area (Å²) in [6, 6.07) is 8.01. The molecule has 0 saturated heterocycles. The molecule has 1 aromatic rings. The van der Waals surface area contributed by atoms with Crippen molar-refractivity contribution in [2.45, 2.75) is 107 Å². The Morgan fingerprint density at radius 2 is 0.962 bits per heavy atom. The molecule has 0 heterocycles. The summed E-state index contributed by atoms with van der Waals surface area (Å²) in [4.78, 5) is 0. The van der Waals surface area contributed by atoms with Crippen LogP contribution >= 0.6 is 11.6 Å². The third-order valence-electron chi connectivity index (χ3n) is 2.69. The van der Waals surface area contributed by atoms with Crippen LogP contribution in [0.15, 0.2) is 24.3 Å². The normalized spacial score (nSPS) is 11.2. The van der Waals surface area contributed by atoms with Gasteiger partial charge in [0.2, 0.25) is 0 Å². The Kier molecular flexibility index (Phi) is 16.8. The molecule has 2 nitrogen and oxygen atoms in total. The van der Waals surface area contributed by atoms with Gasteiger partial charge in [-0.3, -0.25) is 0 Å². The van der Waals surface area contributed by atoms with Crippen molar-refractivity contribution in [1.82, 2.24) is 0 Å². The van der Waals surface area contributed by atoms with Crippen LogP contribution in [0, 0.1) is 0 Å². The third-order valence-corrected chi connectivity index (χ3v) is 2.95. The molecule has 0 aliphatic rings. The average molecular weight is 389 g/mol. The van der Waals surface area contributed by atoms with Gasteiger partial charge in [-0.2, -0.15) is 0 Å². The highest BCUT2D eigenvalue weighted by Crippen LogP contribution is 2.23. The number of benzene rings is 1. The molecule has 0 bridgehead atoms. The second-order valence-electron chi connectivity index (χ2n) is 8.39. The minimum Gasteiger partial charge on any atom is -0.350 e. The predicted molar refractivity (Wildman–Crippen MR) is 119 cm³/mol. The van der Waals surface area contributed by atoms with E-state index in [0.717, 1.165) is 5.02 Å². The van der Waals surface area contributed by atoms with Crippen LogP contribution in [0.5, 0.6) is 0 Å². The molecule has 156 valence electrons. The second kappa shape index (κ2) is 14.5. The predicted octanol–water partition coefficient (Wildman–Crippen LogP) is 8.26. The fraction of sp³-hybridized carbons (Fsp3) is 0.739. The number of hydrogen-bond donors (Lipinski definition) is 0. The number of ether oxygens (including phenoxy) is 2. The van der Waals surface area contributed by atoms with Gasteiger partial charge in [0, 0.05) is 5.02 Å². The molecule has 0 aromatic heterocycles. The minimum absolute atomic E-state index is 0.106. The number of halogens is 1. The van der Waals surface area contributed by atoms with Crippen molar-refractivity contribution in [3.63, 3.8) is 0 Å². The summed E-state index contributed by atoms with van der Waals surface area (Å²) in [5.41, 5.74) is 1.34. The Labute approximate surface area is 169 Å². The quantitative estimate of drug-likeness (QED) is 0.474. The summed E-state index contributed by atoms with van der Waals surface area (Å²) >= 11 is 5.76. The molecule has 0 spiro atoms. The molecule has 1 rings (SSSR count). The monoisotopic (exact) mass is 388 g/mol. The van der Waals surface area contributed by atoms with Crippen molar-refractivity contribution in [2.24, 2.45) is 0 Å². The lowest BCUT2D eigenvalue weighted by Gasteiger charge is -2.24. The van der Waals surface area contributed by atoms with E-state index in [4.69, 9.17) is 21.1 Å². The van der Waals surface area contributed by atoms with Crippen molar-refractivity contribution >= 4 is 11.6 Å². The Hall–Kier alpha value is -0.570. The second-order valence-corrected chi connectivity index (χ2v) is 8.82. The van der Waals surface area contributed by atoms with E-state index in [0.29, 0.717) is 6.79 Å². The van der Waals surface area contributed by atoms with Crippen molar-refractivity contribution in [3.8, 4) is 0 Å². The van der Waals surface area contributed by atoms with Crippen LogP contribution in [0.4, 0.5) is 0 Å². The van der Waals surface area contributed by atoms with Crippen molar-refractivity contribution in [1.29, 1.82) is 0 Å². The molecule has 0 atom stereocenters. The Balaban J connectivity index is -0.000000341. The minimum atomic E-state index is -0.106. The smallest absolute Gasteiger partial charge is 0.148 e. The van der Waals surface area contributed by atoms with Crippen molar-refractivity contribution in [2.75, 3.05) is 6.79 Å². The largest absolute Gasteiger partial charge is 0.350 e. The lowest BCUT2D eigenvalue weighted by Crippen LogP contribution is -2.26. The summed E-state index contributed by atoms with van der Waals surface area (Å²) in [7, 11) is 0. The van der Waals surface area contributed by atoms with Crippen LogP contribution < -0.4 is 0 Å². The molecule has 0 unspecified atom stereocenters. The average Bonchev–Trinajstić information content (AvgIpc) is 2.49. The molecule has 0 fully saturated rings. The molecule has 0 aliphatic carbocycles. The van der Waals surface area contributed by atoms with Crippen molar-refractivity contribution in [3.05, 3.63) is 34.9 Å². The lowest BCUT2D eigenvalue weighted by atomic mass is 9.87. The fourth-order valence-electron chi connectivity index (χ4n) is 1.33. The van der Waals surface area contributed by atoms with E-state index in [1.165, 1.54) is 5.56 Å². The summed E-state index contributed by atoms with van der Waals surface area (Å²) < 4.78 is 10.8. The van der Waals surface area contributed by atoms with Gasteiger partial charge < -0.3 is 9.47 Å². The lowest BCUT2D eigenvalue weighted by molar-refractivity contribution is -0.163. The molecule has 26 heavy (non-hydrogen) atoms. The van der Waals surface area contributed by atoms with Gasteiger partial charge in [-0.15, -0.1) is 0 Å². The zero-order valence-corrected chi connectivity index (χ0v) is 20.5. The molecule has 0 N–H and O–H groups in total. The first-order chi connectivity index (χ1) is 11.7. The maximum atomic E-state index is 5.76. The Bertz CT molecular complexity index is 403. The van der Waals surface area contributed by atoms with Crippen LogP contribution in [0.2, 0.25) is 5.02 Å². The molecule has 0 aliphatic heterocycles. The van der Waals surface area contributed by atoms with Crippen LogP contribution in [0.1, 0.15) is 95.6 Å². The maximum Gasteiger partial charge on any atom is 0.148 e. The Morgan fingerprint density at radius 3 is 1.19 bits per heavy atom. The highest BCUT2D eigenvalue weighted by molar-refractivity contribution is 6.30. The first-order valence-electron chi connectivity index (χ1n) is 9.75.